The van der Waals surface area contributed by atoms with Gasteiger partial charge < -0.3 is 15.2 Å². The molecular weight excluding hydrogens is 274 g/mol. The van der Waals surface area contributed by atoms with Crippen LogP contribution in [0.1, 0.15) is 32.8 Å². The van der Waals surface area contributed by atoms with Crippen molar-refractivity contribution in [2.24, 2.45) is 11.7 Å². The molecule has 0 aliphatic rings. The van der Waals surface area contributed by atoms with Crippen molar-refractivity contribution in [3.8, 4) is 5.75 Å². The first kappa shape index (κ1) is 17.3. The number of nitrogens with two attached hydrogens (primary N) is 1. The third-order valence-electron chi connectivity index (χ3n) is 2.88. The lowest BCUT2D eigenvalue weighted by molar-refractivity contribution is 0.0926. The Balaban J connectivity index is 2.30. The Hall–Kier alpha value is -0.770. The van der Waals surface area contributed by atoms with E-state index in [1.807, 2.05) is 25.1 Å². The largest absolute Gasteiger partial charge is 0.490 e. The van der Waals surface area contributed by atoms with Gasteiger partial charge in [0.15, 0.2) is 0 Å². The molecule has 114 valence electrons. The fourth-order valence-corrected chi connectivity index (χ4v) is 2.05. The van der Waals surface area contributed by atoms with Gasteiger partial charge in [-0.25, -0.2) is 0 Å². The summed E-state index contributed by atoms with van der Waals surface area (Å²) < 4.78 is 11.1. The Morgan fingerprint density at radius 3 is 2.50 bits per heavy atom. The molecule has 20 heavy (non-hydrogen) atoms. The molecule has 0 spiro atoms. The van der Waals surface area contributed by atoms with Gasteiger partial charge in [-0.3, -0.25) is 0 Å². The fraction of sp³-hybridized carbons (Fsp3) is 0.625. The van der Waals surface area contributed by atoms with Crippen molar-refractivity contribution in [3.63, 3.8) is 0 Å². The van der Waals surface area contributed by atoms with E-state index in [4.69, 9.17) is 26.8 Å². The minimum atomic E-state index is 0.132. The maximum absolute atomic E-state index is 6.19. The highest BCUT2D eigenvalue weighted by Crippen LogP contribution is 2.25. The van der Waals surface area contributed by atoms with Gasteiger partial charge in [-0.2, -0.15) is 0 Å². The van der Waals surface area contributed by atoms with Gasteiger partial charge in [-0.1, -0.05) is 31.5 Å². The summed E-state index contributed by atoms with van der Waals surface area (Å²) in [4.78, 5) is 0. The Morgan fingerprint density at radius 1 is 1.15 bits per heavy atom. The van der Waals surface area contributed by atoms with Gasteiger partial charge in [0.25, 0.3) is 0 Å². The highest BCUT2D eigenvalue weighted by Gasteiger charge is 2.05. The molecule has 0 aliphatic heterocycles. The molecule has 0 aliphatic carbocycles. The number of ether oxygens (including phenoxy) is 2. The van der Waals surface area contributed by atoms with Crippen LogP contribution >= 0.6 is 11.6 Å². The van der Waals surface area contributed by atoms with Gasteiger partial charge in [0.1, 0.15) is 12.4 Å². The van der Waals surface area contributed by atoms with Crippen LogP contribution in [0.3, 0.4) is 0 Å². The topological polar surface area (TPSA) is 44.5 Å². The second-order valence-electron chi connectivity index (χ2n) is 5.59. The zero-order valence-electron chi connectivity index (χ0n) is 12.7. The van der Waals surface area contributed by atoms with E-state index in [2.05, 4.69) is 13.8 Å². The summed E-state index contributed by atoms with van der Waals surface area (Å²) in [6, 6.07) is 5.95. The lowest BCUT2D eigenvalue weighted by Gasteiger charge is -2.11. The van der Waals surface area contributed by atoms with Crippen molar-refractivity contribution in [2.75, 3.05) is 19.8 Å². The van der Waals surface area contributed by atoms with E-state index in [1.54, 1.807) is 0 Å². The van der Waals surface area contributed by atoms with Gasteiger partial charge >= 0.3 is 0 Å². The highest BCUT2D eigenvalue weighted by atomic mass is 35.5. The normalized spacial score (nSPS) is 12.7. The summed E-state index contributed by atoms with van der Waals surface area (Å²) in [6.07, 6.45) is 1.89. The summed E-state index contributed by atoms with van der Waals surface area (Å²) in [5, 5.41) is 0.630. The number of hydrogen-bond acceptors (Lipinski definition) is 3. The van der Waals surface area contributed by atoms with Crippen LogP contribution in [-0.4, -0.2) is 25.9 Å². The molecule has 1 aromatic carbocycles. The molecule has 1 unspecified atom stereocenters. The Bertz CT molecular complexity index is 394. The van der Waals surface area contributed by atoms with E-state index in [1.165, 1.54) is 0 Å². The molecule has 0 heterocycles. The molecule has 0 saturated carbocycles. The first-order chi connectivity index (χ1) is 9.49. The van der Waals surface area contributed by atoms with E-state index >= 15 is 0 Å². The van der Waals surface area contributed by atoms with Crippen LogP contribution in [0.2, 0.25) is 5.02 Å². The van der Waals surface area contributed by atoms with Crippen molar-refractivity contribution in [1.29, 1.82) is 0 Å². The van der Waals surface area contributed by atoms with Crippen molar-refractivity contribution < 1.29 is 9.47 Å². The predicted molar refractivity (Wildman–Crippen MR) is 84.6 cm³/mol. The van der Waals surface area contributed by atoms with Gasteiger partial charge in [0.2, 0.25) is 0 Å². The lowest BCUT2D eigenvalue weighted by Crippen LogP contribution is -2.17. The van der Waals surface area contributed by atoms with E-state index < -0.39 is 0 Å². The molecule has 1 rings (SSSR count). The molecule has 0 radical (unpaired) electrons. The van der Waals surface area contributed by atoms with E-state index in [9.17, 15) is 0 Å². The van der Waals surface area contributed by atoms with Crippen LogP contribution in [-0.2, 0) is 11.2 Å². The molecular formula is C16H26ClNO2. The average molecular weight is 300 g/mol. The molecule has 2 N–H and O–H groups in total. The smallest absolute Gasteiger partial charge is 0.138 e. The van der Waals surface area contributed by atoms with Crippen molar-refractivity contribution >= 4 is 11.6 Å². The first-order valence-electron chi connectivity index (χ1n) is 7.23. The lowest BCUT2D eigenvalue weighted by atomic mass is 10.1. The Labute approximate surface area is 127 Å². The van der Waals surface area contributed by atoms with Crippen molar-refractivity contribution in [3.05, 3.63) is 28.8 Å². The van der Waals surface area contributed by atoms with Gasteiger partial charge in [0, 0.05) is 12.6 Å². The number of benzene rings is 1. The quantitative estimate of drug-likeness (QED) is 0.708. The van der Waals surface area contributed by atoms with Crippen LogP contribution in [0, 0.1) is 5.92 Å². The molecule has 0 fully saturated rings. The number of hydrogen-bond donors (Lipinski definition) is 1. The molecule has 0 bridgehead atoms. The molecule has 1 aromatic rings. The highest BCUT2D eigenvalue weighted by molar-refractivity contribution is 6.32. The second-order valence-corrected chi connectivity index (χ2v) is 6.00. The average Bonchev–Trinajstić information content (AvgIpc) is 2.34. The third-order valence-corrected chi connectivity index (χ3v) is 3.17. The molecule has 4 heteroatoms. The van der Waals surface area contributed by atoms with Crippen LogP contribution < -0.4 is 10.5 Å². The van der Waals surface area contributed by atoms with E-state index in [-0.39, 0.29) is 6.04 Å². The van der Waals surface area contributed by atoms with Crippen LogP contribution in [0.25, 0.3) is 0 Å². The Kier molecular flexibility index (Phi) is 7.97. The summed E-state index contributed by atoms with van der Waals surface area (Å²) in [6.45, 7) is 8.23. The minimum absolute atomic E-state index is 0.132. The van der Waals surface area contributed by atoms with E-state index in [0.717, 1.165) is 25.0 Å². The molecule has 0 aromatic heterocycles. The third kappa shape index (κ3) is 7.13. The summed E-state index contributed by atoms with van der Waals surface area (Å²) in [7, 11) is 0. The summed E-state index contributed by atoms with van der Waals surface area (Å²) >= 11 is 6.19. The maximum atomic E-state index is 6.19. The number of rotatable bonds is 9. The molecule has 0 saturated heterocycles. The maximum Gasteiger partial charge on any atom is 0.138 e. The second kappa shape index (κ2) is 9.22. The van der Waals surface area contributed by atoms with Crippen LogP contribution in [0.15, 0.2) is 18.2 Å². The minimum Gasteiger partial charge on any atom is -0.490 e. The number of halogens is 1. The molecule has 0 amide bonds. The van der Waals surface area contributed by atoms with Crippen molar-refractivity contribution in [2.45, 2.75) is 39.7 Å². The SMILES string of the molecule is CC(C)CCOCCOc1ccc(CC(C)N)cc1Cl. The van der Waals surface area contributed by atoms with E-state index in [0.29, 0.717) is 29.9 Å². The zero-order valence-corrected chi connectivity index (χ0v) is 13.5. The monoisotopic (exact) mass is 299 g/mol. The van der Waals surface area contributed by atoms with Gasteiger partial charge in [-0.05, 0) is 43.4 Å². The Morgan fingerprint density at radius 2 is 1.90 bits per heavy atom. The summed E-state index contributed by atoms with van der Waals surface area (Å²) in [5.41, 5.74) is 6.90. The van der Waals surface area contributed by atoms with Crippen LogP contribution in [0.5, 0.6) is 5.75 Å². The fourth-order valence-electron chi connectivity index (χ4n) is 1.79. The zero-order chi connectivity index (χ0) is 15.0. The predicted octanol–water partition coefficient (Wildman–Crippen LogP) is 3.67. The van der Waals surface area contributed by atoms with Gasteiger partial charge in [-0.15, -0.1) is 0 Å². The standard InChI is InChI=1S/C16H26ClNO2/c1-12(2)6-7-19-8-9-20-16-5-4-14(10-13(3)18)11-15(16)17/h4-5,11-13H,6-10,18H2,1-3H3. The molecule has 3 nitrogen and oxygen atoms in total. The van der Waals surface area contributed by atoms with Crippen molar-refractivity contribution in [1.82, 2.24) is 0 Å². The molecule has 1 atom stereocenters. The van der Waals surface area contributed by atoms with Gasteiger partial charge in [0.05, 0.1) is 11.6 Å². The summed E-state index contributed by atoms with van der Waals surface area (Å²) in [5.74, 6) is 1.37. The first-order valence-corrected chi connectivity index (χ1v) is 7.61. The van der Waals surface area contributed by atoms with Crippen LogP contribution in [0.4, 0.5) is 0 Å².